The Balaban J connectivity index is 1.72. The maximum absolute atomic E-state index is 11.5. The maximum atomic E-state index is 11.5. The van der Waals surface area contributed by atoms with Crippen LogP contribution in [-0.2, 0) is 18.2 Å². The molecule has 0 unspecified atom stereocenters. The molecule has 0 radical (unpaired) electrons. The Labute approximate surface area is 169 Å². The van der Waals surface area contributed by atoms with Gasteiger partial charge in [-0.2, -0.15) is 15.2 Å². The quantitative estimate of drug-likeness (QED) is 0.352. The Morgan fingerprint density at radius 1 is 1.33 bits per heavy atom. The highest BCUT2D eigenvalue weighted by Gasteiger charge is 2.70. The molecular formula is C14H18N6O8P2. The van der Waals surface area contributed by atoms with E-state index < -0.39 is 39.8 Å². The number of hydrogen-bond donors (Lipinski definition) is 5. The molecule has 4 atom stereocenters. The molecule has 2 aliphatic carbocycles. The molecule has 2 fully saturated rings. The number of phosphoric ester groups is 2. The van der Waals surface area contributed by atoms with Crippen molar-refractivity contribution in [3.05, 3.63) is 12.2 Å². The molecule has 2 heterocycles. The first-order valence-electron chi connectivity index (χ1n) is 8.74. The molecule has 2 saturated carbocycles. The van der Waals surface area contributed by atoms with Crippen molar-refractivity contribution in [1.82, 2.24) is 19.5 Å². The largest absolute Gasteiger partial charge is 0.469 e. The molecule has 0 aromatic carbocycles. The van der Waals surface area contributed by atoms with Crippen molar-refractivity contribution in [3.8, 4) is 6.07 Å². The zero-order chi connectivity index (χ0) is 21.9. The second-order valence-corrected chi connectivity index (χ2v) is 9.71. The van der Waals surface area contributed by atoms with Gasteiger partial charge in [-0.05, 0) is 18.8 Å². The van der Waals surface area contributed by atoms with E-state index in [1.54, 1.807) is 11.6 Å². The van der Waals surface area contributed by atoms with Crippen LogP contribution in [0.15, 0.2) is 6.33 Å². The number of rotatable bonds is 7. The summed E-state index contributed by atoms with van der Waals surface area (Å²) in [4.78, 5) is 49.2. The van der Waals surface area contributed by atoms with Gasteiger partial charge in [-0.15, -0.1) is 0 Å². The zero-order valence-electron chi connectivity index (χ0n) is 15.5. The molecule has 0 bridgehead atoms. The second-order valence-electron chi connectivity index (χ2n) is 7.28. The number of anilines is 1. The Hall–Kier alpha value is -1.94. The Morgan fingerprint density at radius 3 is 2.67 bits per heavy atom. The highest BCUT2D eigenvalue weighted by atomic mass is 31.2. The van der Waals surface area contributed by atoms with Gasteiger partial charge in [0.1, 0.15) is 6.07 Å². The van der Waals surface area contributed by atoms with Crippen molar-refractivity contribution in [1.29, 1.82) is 5.26 Å². The van der Waals surface area contributed by atoms with Crippen LogP contribution < -0.4 is 5.32 Å². The van der Waals surface area contributed by atoms with Crippen LogP contribution in [0.3, 0.4) is 0 Å². The van der Waals surface area contributed by atoms with E-state index in [1.807, 2.05) is 6.07 Å². The van der Waals surface area contributed by atoms with E-state index in [0.29, 0.717) is 23.4 Å². The lowest BCUT2D eigenvalue weighted by molar-refractivity contribution is 0.0499. The summed E-state index contributed by atoms with van der Waals surface area (Å²) < 4.78 is 33.9. The van der Waals surface area contributed by atoms with Gasteiger partial charge in [0, 0.05) is 18.5 Å². The van der Waals surface area contributed by atoms with Crippen LogP contribution in [0.2, 0.25) is 0 Å². The van der Waals surface area contributed by atoms with E-state index in [0.717, 1.165) is 0 Å². The predicted octanol–water partition coefficient (Wildman–Crippen LogP) is 0.278. The number of hydrogen-bond acceptors (Lipinski definition) is 9. The highest BCUT2D eigenvalue weighted by molar-refractivity contribution is 7.46. The molecular weight excluding hydrogens is 442 g/mol. The lowest BCUT2D eigenvalue weighted by Gasteiger charge is -2.24. The van der Waals surface area contributed by atoms with Gasteiger partial charge in [-0.25, -0.2) is 14.1 Å². The highest BCUT2D eigenvalue weighted by Crippen LogP contribution is 2.71. The minimum absolute atomic E-state index is 0.0819. The molecule has 2 aliphatic rings. The van der Waals surface area contributed by atoms with Crippen LogP contribution in [0.1, 0.15) is 24.7 Å². The summed E-state index contributed by atoms with van der Waals surface area (Å²) in [5.41, 5.74) is -0.210. The molecule has 2 aromatic heterocycles. The van der Waals surface area contributed by atoms with Gasteiger partial charge in [-0.3, -0.25) is 9.05 Å². The number of imidazole rings is 1. The molecule has 2 aromatic rings. The van der Waals surface area contributed by atoms with Crippen LogP contribution in [0.25, 0.3) is 11.2 Å². The van der Waals surface area contributed by atoms with Crippen LogP contribution in [-0.4, -0.2) is 58.9 Å². The van der Waals surface area contributed by atoms with Crippen LogP contribution in [0.4, 0.5) is 5.82 Å². The molecule has 14 nitrogen and oxygen atoms in total. The maximum Gasteiger partial charge on any atom is 0.469 e. The average Bonchev–Trinajstić information content (AvgIpc) is 3.12. The smallest absolute Gasteiger partial charge is 0.371 e. The van der Waals surface area contributed by atoms with Crippen molar-refractivity contribution in [3.63, 3.8) is 0 Å². The summed E-state index contributed by atoms with van der Waals surface area (Å²) in [7, 11) is -8.03. The SMILES string of the molecule is CNc1nc(C#N)nc2c1ncn2[C@@H]1C[C@H](OP(=O)(O)O)[C@]2(COP(=O)(O)O)C[C@H]12. The first kappa shape index (κ1) is 21.3. The first-order chi connectivity index (χ1) is 14.0. The third kappa shape index (κ3) is 3.75. The molecule has 0 aliphatic heterocycles. The summed E-state index contributed by atoms with van der Waals surface area (Å²) >= 11 is 0. The Kier molecular flexibility index (Phi) is 5.00. The monoisotopic (exact) mass is 460 g/mol. The second kappa shape index (κ2) is 7.05. The number of aromatic nitrogens is 4. The van der Waals surface area contributed by atoms with Crippen molar-refractivity contribution in [2.24, 2.45) is 11.3 Å². The Morgan fingerprint density at radius 2 is 2.07 bits per heavy atom. The standard InChI is InChI=1S/C14H18N6O8P2/c1-16-12-11-13(19-10(4-15)18-12)20(6-17-11)8-2-9(28-30(24,25)26)14(3-7(8)14)5-27-29(21,22)23/h6-9H,2-3,5H2,1H3,(H,16,18,19)(H2,21,22,23)(H2,24,25,26)/t7-,8-,9+,14+/m1/s1. The summed E-state index contributed by atoms with van der Waals surface area (Å²) in [6.07, 6.45) is 0.987. The van der Waals surface area contributed by atoms with Crippen LogP contribution >= 0.6 is 15.6 Å². The lowest BCUT2D eigenvalue weighted by atomic mass is 10.0. The van der Waals surface area contributed by atoms with Crippen molar-refractivity contribution >= 4 is 32.6 Å². The lowest BCUT2D eigenvalue weighted by Crippen LogP contribution is -2.26. The fraction of sp³-hybridized carbons (Fsp3) is 0.571. The number of fused-ring (bicyclic) bond motifs is 2. The number of nitriles is 1. The van der Waals surface area contributed by atoms with Gasteiger partial charge in [0.2, 0.25) is 5.82 Å². The third-order valence-corrected chi connectivity index (χ3v) is 6.62. The number of phosphoric acid groups is 2. The molecule has 0 amide bonds. The molecule has 16 heteroatoms. The molecule has 4 rings (SSSR count). The third-order valence-electron chi connectivity index (χ3n) is 5.62. The van der Waals surface area contributed by atoms with Gasteiger partial charge in [-0.1, -0.05) is 0 Å². The van der Waals surface area contributed by atoms with Crippen LogP contribution in [0, 0.1) is 22.7 Å². The molecule has 5 N–H and O–H groups in total. The van der Waals surface area contributed by atoms with Gasteiger partial charge in [0.05, 0.1) is 19.0 Å². The summed E-state index contributed by atoms with van der Waals surface area (Å²) in [5.74, 6) is 0.0150. The van der Waals surface area contributed by atoms with Gasteiger partial charge in [0.15, 0.2) is 17.0 Å². The summed E-state index contributed by atoms with van der Waals surface area (Å²) in [5, 5.41) is 12.0. The number of nitrogens with one attached hydrogen (secondary N) is 1. The molecule has 162 valence electrons. The van der Waals surface area contributed by atoms with E-state index in [9.17, 15) is 24.2 Å². The fourth-order valence-electron chi connectivity index (χ4n) is 4.33. The minimum Gasteiger partial charge on any atom is -0.371 e. The average molecular weight is 460 g/mol. The van der Waals surface area contributed by atoms with Crippen molar-refractivity contribution in [2.75, 3.05) is 19.0 Å². The van der Waals surface area contributed by atoms with Gasteiger partial charge in [0.25, 0.3) is 0 Å². The topological polar surface area (TPSA) is 213 Å². The minimum atomic E-state index is -4.86. The van der Waals surface area contributed by atoms with Crippen molar-refractivity contribution in [2.45, 2.75) is 25.0 Å². The predicted molar refractivity (Wildman–Crippen MR) is 98.7 cm³/mol. The summed E-state index contributed by atoms with van der Waals surface area (Å²) in [6, 6.07) is 1.48. The van der Waals surface area contributed by atoms with Gasteiger partial charge >= 0.3 is 15.6 Å². The molecule has 0 spiro atoms. The normalized spacial score (nSPS) is 28.3. The number of nitrogens with zero attached hydrogens (tertiary/aromatic N) is 5. The summed E-state index contributed by atoms with van der Waals surface area (Å²) in [6.45, 7) is -0.421. The van der Waals surface area contributed by atoms with E-state index in [1.165, 1.54) is 6.33 Å². The van der Waals surface area contributed by atoms with E-state index in [-0.39, 0.29) is 18.2 Å². The van der Waals surface area contributed by atoms with Gasteiger partial charge < -0.3 is 29.5 Å². The van der Waals surface area contributed by atoms with Crippen LogP contribution in [0.5, 0.6) is 0 Å². The van der Waals surface area contributed by atoms with E-state index >= 15 is 0 Å². The van der Waals surface area contributed by atoms with E-state index in [4.69, 9.17) is 14.3 Å². The zero-order valence-corrected chi connectivity index (χ0v) is 17.3. The Bertz CT molecular complexity index is 1140. The first-order valence-corrected chi connectivity index (χ1v) is 11.8. The van der Waals surface area contributed by atoms with Crippen molar-refractivity contribution < 1.29 is 37.8 Å². The molecule has 0 saturated heterocycles. The fourth-order valence-corrected chi connectivity index (χ4v) is 5.36. The molecule has 30 heavy (non-hydrogen) atoms. The van der Waals surface area contributed by atoms with E-state index in [2.05, 4.69) is 24.8 Å².